The molecule has 0 spiro atoms. The molecule has 2 aromatic rings. The lowest BCUT2D eigenvalue weighted by molar-refractivity contribution is 0.269. The van der Waals surface area contributed by atoms with Crippen LogP contribution in [0.15, 0.2) is 28.8 Å². The summed E-state index contributed by atoms with van der Waals surface area (Å²) < 4.78 is 5.61. The molecule has 110 valence electrons. The second-order valence-electron chi connectivity index (χ2n) is 6.23. The van der Waals surface area contributed by atoms with Crippen LogP contribution in [0.25, 0.3) is 0 Å². The number of fused-ring (bicyclic) bond motifs is 1. The zero-order chi connectivity index (χ0) is 14.2. The lowest BCUT2D eigenvalue weighted by Gasteiger charge is -2.28. The number of nitrogens with zero attached hydrogens (tertiary/aromatic N) is 2. The molecular formula is C17H21N3O. The molecule has 4 heteroatoms. The van der Waals surface area contributed by atoms with E-state index in [0.717, 1.165) is 24.6 Å². The summed E-state index contributed by atoms with van der Waals surface area (Å²) >= 11 is 0. The summed E-state index contributed by atoms with van der Waals surface area (Å²) in [5.74, 6) is 2.40. The zero-order valence-corrected chi connectivity index (χ0v) is 12.4. The quantitative estimate of drug-likeness (QED) is 0.940. The minimum absolute atomic E-state index is 0.329. The predicted octanol–water partition coefficient (Wildman–Crippen LogP) is 3.00. The molecule has 1 heterocycles. The second kappa shape index (κ2) is 5.26. The van der Waals surface area contributed by atoms with Crippen LogP contribution in [0.3, 0.4) is 0 Å². The highest BCUT2D eigenvalue weighted by Gasteiger charge is 2.34. The number of aromatic nitrogens is 2. The minimum Gasteiger partial charge on any atom is -0.339 e. The predicted molar refractivity (Wildman–Crippen MR) is 80.3 cm³/mol. The molecule has 4 rings (SSSR count). The Kier molecular flexibility index (Phi) is 3.26. The summed E-state index contributed by atoms with van der Waals surface area (Å²) in [6.45, 7) is 0. The maximum Gasteiger partial charge on any atom is 0.231 e. The molecular weight excluding hydrogens is 262 g/mol. The first-order chi connectivity index (χ1) is 10.4. The van der Waals surface area contributed by atoms with E-state index in [1.54, 1.807) is 0 Å². The summed E-state index contributed by atoms with van der Waals surface area (Å²) in [4.78, 5) is 4.74. The van der Waals surface area contributed by atoms with Crippen LogP contribution in [-0.2, 0) is 6.42 Å². The van der Waals surface area contributed by atoms with Gasteiger partial charge >= 0.3 is 0 Å². The van der Waals surface area contributed by atoms with Gasteiger partial charge in [0.15, 0.2) is 5.82 Å². The third-order valence-corrected chi connectivity index (χ3v) is 5.08. The molecule has 3 unspecified atom stereocenters. The largest absolute Gasteiger partial charge is 0.339 e. The molecule has 1 saturated carbocycles. The second-order valence-corrected chi connectivity index (χ2v) is 6.23. The van der Waals surface area contributed by atoms with E-state index in [-0.39, 0.29) is 0 Å². The molecule has 21 heavy (non-hydrogen) atoms. The van der Waals surface area contributed by atoms with Gasteiger partial charge in [-0.05, 0) is 37.4 Å². The summed E-state index contributed by atoms with van der Waals surface area (Å²) in [6, 6.07) is 9.02. The third-order valence-electron chi connectivity index (χ3n) is 5.08. The van der Waals surface area contributed by atoms with E-state index in [1.807, 2.05) is 7.05 Å². The van der Waals surface area contributed by atoms with Crippen molar-refractivity contribution < 1.29 is 4.52 Å². The SMILES string of the molecule is CNC1CCCCC1c1nc(C2Cc3ccccc32)no1. The lowest BCUT2D eigenvalue weighted by Crippen LogP contribution is -2.34. The molecule has 3 atom stereocenters. The topological polar surface area (TPSA) is 51.0 Å². The van der Waals surface area contributed by atoms with Gasteiger partial charge in [0.25, 0.3) is 0 Å². The summed E-state index contributed by atoms with van der Waals surface area (Å²) in [5, 5.41) is 7.67. The van der Waals surface area contributed by atoms with Gasteiger partial charge in [0.05, 0.1) is 11.8 Å². The number of hydrogen-bond acceptors (Lipinski definition) is 4. The van der Waals surface area contributed by atoms with Gasteiger partial charge < -0.3 is 9.84 Å². The molecule has 1 aromatic heterocycles. The van der Waals surface area contributed by atoms with Crippen molar-refractivity contribution >= 4 is 0 Å². The maximum atomic E-state index is 5.61. The fourth-order valence-electron chi connectivity index (χ4n) is 3.80. The van der Waals surface area contributed by atoms with E-state index >= 15 is 0 Å². The third kappa shape index (κ3) is 2.18. The highest BCUT2D eigenvalue weighted by Crippen LogP contribution is 2.39. The van der Waals surface area contributed by atoms with Crippen LogP contribution in [0.4, 0.5) is 0 Å². The Hall–Kier alpha value is -1.68. The van der Waals surface area contributed by atoms with Crippen molar-refractivity contribution in [1.82, 2.24) is 15.5 Å². The van der Waals surface area contributed by atoms with Gasteiger partial charge in [0, 0.05) is 6.04 Å². The Labute approximate surface area is 124 Å². The fourth-order valence-corrected chi connectivity index (χ4v) is 3.80. The average Bonchev–Trinajstić information content (AvgIpc) is 2.97. The normalized spacial score (nSPS) is 28.0. The molecule has 0 aliphatic heterocycles. The smallest absolute Gasteiger partial charge is 0.231 e. The van der Waals surface area contributed by atoms with Gasteiger partial charge in [0.2, 0.25) is 5.89 Å². The fraction of sp³-hybridized carbons (Fsp3) is 0.529. The highest BCUT2D eigenvalue weighted by molar-refractivity contribution is 5.43. The van der Waals surface area contributed by atoms with Gasteiger partial charge in [-0.2, -0.15) is 4.98 Å². The highest BCUT2D eigenvalue weighted by atomic mass is 16.5. The molecule has 0 amide bonds. The Morgan fingerprint density at radius 1 is 1.19 bits per heavy atom. The molecule has 2 aliphatic carbocycles. The number of likely N-dealkylation sites (N-methyl/N-ethyl adjacent to an activating group) is 1. The van der Waals surface area contributed by atoms with Gasteiger partial charge in [-0.25, -0.2) is 0 Å². The van der Waals surface area contributed by atoms with Crippen molar-refractivity contribution in [3.05, 3.63) is 47.1 Å². The Morgan fingerprint density at radius 2 is 2.05 bits per heavy atom. The van der Waals surface area contributed by atoms with Gasteiger partial charge in [-0.3, -0.25) is 0 Å². The summed E-state index contributed by atoms with van der Waals surface area (Å²) in [5.41, 5.74) is 2.78. The summed E-state index contributed by atoms with van der Waals surface area (Å²) in [7, 11) is 2.03. The molecule has 4 nitrogen and oxygen atoms in total. The monoisotopic (exact) mass is 283 g/mol. The van der Waals surface area contributed by atoms with E-state index in [0.29, 0.717) is 17.9 Å². The Morgan fingerprint density at radius 3 is 2.90 bits per heavy atom. The molecule has 1 fully saturated rings. The van der Waals surface area contributed by atoms with Gasteiger partial charge in [0.1, 0.15) is 0 Å². The van der Waals surface area contributed by atoms with E-state index in [2.05, 4.69) is 34.7 Å². The van der Waals surface area contributed by atoms with Crippen molar-refractivity contribution in [2.75, 3.05) is 7.05 Å². The number of nitrogens with one attached hydrogen (secondary N) is 1. The molecule has 0 radical (unpaired) electrons. The van der Waals surface area contributed by atoms with Crippen LogP contribution in [0.1, 0.15) is 60.4 Å². The minimum atomic E-state index is 0.329. The Balaban J connectivity index is 1.57. The number of benzene rings is 1. The van der Waals surface area contributed by atoms with Gasteiger partial charge in [-0.1, -0.05) is 42.3 Å². The van der Waals surface area contributed by atoms with E-state index in [9.17, 15) is 0 Å². The first-order valence-corrected chi connectivity index (χ1v) is 7.95. The first kappa shape index (κ1) is 13.0. The zero-order valence-electron chi connectivity index (χ0n) is 12.4. The van der Waals surface area contributed by atoms with Crippen LogP contribution >= 0.6 is 0 Å². The van der Waals surface area contributed by atoms with Crippen LogP contribution in [0, 0.1) is 0 Å². The van der Waals surface area contributed by atoms with Crippen molar-refractivity contribution in [3.63, 3.8) is 0 Å². The van der Waals surface area contributed by atoms with Crippen LogP contribution < -0.4 is 5.32 Å². The molecule has 1 aromatic carbocycles. The number of hydrogen-bond donors (Lipinski definition) is 1. The van der Waals surface area contributed by atoms with E-state index in [1.165, 1.54) is 30.4 Å². The van der Waals surface area contributed by atoms with E-state index in [4.69, 9.17) is 9.51 Å². The lowest BCUT2D eigenvalue weighted by atomic mass is 9.77. The van der Waals surface area contributed by atoms with Crippen molar-refractivity contribution in [1.29, 1.82) is 0 Å². The van der Waals surface area contributed by atoms with Crippen molar-refractivity contribution in [3.8, 4) is 0 Å². The summed E-state index contributed by atoms with van der Waals surface area (Å²) in [6.07, 6.45) is 5.93. The average molecular weight is 283 g/mol. The molecule has 0 saturated heterocycles. The van der Waals surface area contributed by atoms with Gasteiger partial charge in [-0.15, -0.1) is 0 Å². The Bertz CT molecular complexity index is 636. The first-order valence-electron chi connectivity index (χ1n) is 7.95. The van der Waals surface area contributed by atoms with E-state index < -0.39 is 0 Å². The van der Waals surface area contributed by atoms with Crippen molar-refractivity contribution in [2.45, 2.75) is 50.0 Å². The molecule has 1 N–H and O–H groups in total. The molecule has 0 bridgehead atoms. The maximum absolute atomic E-state index is 5.61. The van der Waals surface area contributed by atoms with Crippen LogP contribution in [0.5, 0.6) is 0 Å². The van der Waals surface area contributed by atoms with Crippen LogP contribution in [0.2, 0.25) is 0 Å². The standard InChI is InChI=1S/C17H21N3O/c1-18-15-9-5-4-8-13(15)17-19-16(20-21-17)14-10-11-6-2-3-7-12(11)14/h2-3,6-7,13-15,18H,4-5,8-10H2,1H3. The van der Waals surface area contributed by atoms with Crippen LogP contribution in [-0.4, -0.2) is 23.2 Å². The van der Waals surface area contributed by atoms with Crippen molar-refractivity contribution in [2.24, 2.45) is 0 Å². The molecule has 2 aliphatic rings. The number of rotatable bonds is 3.